The van der Waals surface area contributed by atoms with Gasteiger partial charge in [-0.1, -0.05) is 6.08 Å². The largest absolute Gasteiger partial charge is 0.380 e. The zero-order valence-electron chi connectivity index (χ0n) is 11.8. The van der Waals surface area contributed by atoms with E-state index in [0.717, 1.165) is 6.42 Å². The Morgan fingerprint density at radius 1 is 1.55 bits per heavy atom. The summed E-state index contributed by atoms with van der Waals surface area (Å²) in [4.78, 5) is 14.0. The molecule has 7 heteroatoms. The van der Waals surface area contributed by atoms with Gasteiger partial charge >= 0.3 is 0 Å². The first kappa shape index (κ1) is 15.5. The Bertz CT molecular complexity index is 487. The minimum Gasteiger partial charge on any atom is -0.380 e. The van der Waals surface area contributed by atoms with Gasteiger partial charge in [0.1, 0.15) is 0 Å². The molecule has 0 saturated carbocycles. The quantitative estimate of drug-likeness (QED) is 0.713. The number of sulfone groups is 1. The second-order valence-electron chi connectivity index (χ2n) is 5.35. The van der Waals surface area contributed by atoms with Crippen LogP contribution in [-0.4, -0.2) is 70.1 Å². The molecule has 1 fully saturated rings. The van der Waals surface area contributed by atoms with Crippen molar-refractivity contribution < 1.29 is 17.9 Å². The summed E-state index contributed by atoms with van der Waals surface area (Å²) in [6.45, 7) is 2.34. The van der Waals surface area contributed by atoms with Crippen LogP contribution in [0, 0.1) is 0 Å². The number of carbonyl (C=O) groups excluding carboxylic acids is 1. The first-order valence-corrected chi connectivity index (χ1v) is 8.71. The highest BCUT2D eigenvalue weighted by atomic mass is 32.2. The Balaban J connectivity index is 1.84. The summed E-state index contributed by atoms with van der Waals surface area (Å²) < 4.78 is 28.2. The van der Waals surface area contributed by atoms with Gasteiger partial charge in [-0.25, -0.2) is 8.42 Å². The zero-order valence-corrected chi connectivity index (χ0v) is 12.6. The number of hydrogen-bond acceptors (Lipinski definition) is 5. The van der Waals surface area contributed by atoms with Crippen molar-refractivity contribution in [3.05, 3.63) is 11.6 Å². The van der Waals surface area contributed by atoms with Gasteiger partial charge < -0.3 is 15.0 Å². The average Bonchev–Trinajstić information content (AvgIpc) is 2.38. The Labute approximate surface area is 120 Å². The van der Waals surface area contributed by atoms with E-state index in [4.69, 9.17) is 4.74 Å². The molecule has 2 rings (SSSR count). The molecule has 114 valence electrons. The maximum Gasteiger partial charge on any atom is 0.224 e. The van der Waals surface area contributed by atoms with E-state index in [9.17, 15) is 13.2 Å². The molecule has 0 aliphatic carbocycles. The van der Waals surface area contributed by atoms with Gasteiger partial charge in [-0.2, -0.15) is 0 Å². The highest BCUT2D eigenvalue weighted by Gasteiger charge is 2.28. The Morgan fingerprint density at radius 2 is 2.35 bits per heavy atom. The van der Waals surface area contributed by atoms with Crippen LogP contribution in [0.2, 0.25) is 0 Å². The van der Waals surface area contributed by atoms with Crippen molar-refractivity contribution in [3.63, 3.8) is 0 Å². The summed E-state index contributed by atoms with van der Waals surface area (Å²) in [5.74, 6) is 0.259. The van der Waals surface area contributed by atoms with Gasteiger partial charge in [-0.05, 0) is 12.0 Å². The molecule has 0 aromatic rings. The van der Waals surface area contributed by atoms with E-state index in [1.807, 2.05) is 6.08 Å². The standard InChI is InChI=1S/C13H22N2O4S/c1-19-9-11-2-5-15(6-3-11)13(16)8-12-10-20(17,18)7-4-14-12/h2,12,14H,3-10H2,1H3. The van der Waals surface area contributed by atoms with E-state index in [1.54, 1.807) is 12.0 Å². The van der Waals surface area contributed by atoms with E-state index in [0.29, 0.717) is 26.2 Å². The second kappa shape index (κ2) is 6.69. The molecule has 2 aliphatic rings. The smallest absolute Gasteiger partial charge is 0.224 e. The number of methoxy groups -OCH3 is 1. The van der Waals surface area contributed by atoms with Crippen LogP contribution < -0.4 is 5.32 Å². The summed E-state index contributed by atoms with van der Waals surface area (Å²) in [6.07, 6.45) is 3.11. The maximum atomic E-state index is 12.2. The lowest BCUT2D eigenvalue weighted by Gasteiger charge is -2.29. The van der Waals surface area contributed by atoms with Gasteiger partial charge in [-0.3, -0.25) is 4.79 Å². The fourth-order valence-corrected chi connectivity index (χ4v) is 4.04. The van der Waals surface area contributed by atoms with Crippen molar-refractivity contribution in [2.75, 3.05) is 44.9 Å². The number of hydrogen-bond donors (Lipinski definition) is 1. The van der Waals surface area contributed by atoms with Crippen molar-refractivity contribution in [1.29, 1.82) is 0 Å². The van der Waals surface area contributed by atoms with Gasteiger partial charge in [0.05, 0.1) is 18.1 Å². The summed E-state index contributed by atoms with van der Waals surface area (Å²) in [5.41, 5.74) is 1.22. The van der Waals surface area contributed by atoms with E-state index in [1.165, 1.54) is 5.57 Å². The van der Waals surface area contributed by atoms with Gasteiger partial charge in [-0.15, -0.1) is 0 Å². The molecule has 2 aliphatic heterocycles. The first-order chi connectivity index (χ1) is 9.50. The van der Waals surface area contributed by atoms with Crippen LogP contribution in [0.3, 0.4) is 0 Å². The van der Waals surface area contributed by atoms with E-state index in [2.05, 4.69) is 5.32 Å². The molecule has 0 aromatic heterocycles. The first-order valence-electron chi connectivity index (χ1n) is 6.88. The van der Waals surface area contributed by atoms with E-state index >= 15 is 0 Å². The molecule has 1 saturated heterocycles. The van der Waals surface area contributed by atoms with Gasteiger partial charge in [0.15, 0.2) is 9.84 Å². The third-order valence-electron chi connectivity index (χ3n) is 3.71. The van der Waals surface area contributed by atoms with Crippen molar-refractivity contribution in [2.45, 2.75) is 18.9 Å². The number of rotatable bonds is 4. The topological polar surface area (TPSA) is 75.7 Å². The van der Waals surface area contributed by atoms with Crippen molar-refractivity contribution in [1.82, 2.24) is 10.2 Å². The molecule has 20 heavy (non-hydrogen) atoms. The summed E-state index contributed by atoms with van der Waals surface area (Å²) >= 11 is 0. The predicted octanol–water partition coefficient (Wildman–Crippen LogP) is -0.432. The highest BCUT2D eigenvalue weighted by molar-refractivity contribution is 7.91. The molecule has 0 aromatic carbocycles. The minimum absolute atomic E-state index is 0.0207. The van der Waals surface area contributed by atoms with Gasteiger partial charge in [0, 0.05) is 39.2 Å². The molecule has 0 radical (unpaired) electrons. The number of carbonyl (C=O) groups is 1. The van der Waals surface area contributed by atoms with Crippen LogP contribution in [0.4, 0.5) is 0 Å². The van der Waals surface area contributed by atoms with Crippen LogP contribution in [0.25, 0.3) is 0 Å². The lowest BCUT2D eigenvalue weighted by molar-refractivity contribution is -0.131. The van der Waals surface area contributed by atoms with E-state index < -0.39 is 9.84 Å². The number of nitrogens with one attached hydrogen (secondary N) is 1. The number of ether oxygens (including phenoxy) is 1. The van der Waals surface area contributed by atoms with Gasteiger partial charge in [0.25, 0.3) is 0 Å². The lowest BCUT2D eigenvalue weighted by Crippen LogP contribution is -2.48. The fraction of sp³-hybridized carbons (Fsp3) is 0.769. The summed E-state index contributed by atoms with van der Waals surface area (Å²) in [5, 5.41) is 3.11. The van der Waals surface area contributed by atoms with Crippen LogP contribution in [0.1, 0.15) is 12.8 Å². The van der Waals surface area contributed by atoms with E-state index in [-0.39, 0.29) is 29.9 Å². The van der Waals surface area contributed by atoms with Crippen LogP contribution in [0.5, 0.6) is 0 Å². The van der Waals surface area contributed by atoms with Gasteiger partial charge in [0.2, 0.25) is 5.91 Å². The van der Waals surface area contributed by atoms with Crippen molar-refractivity contribution in [3.8, 4) is 0 Å². The average molecular weight is 302 g/mol. The predicted molar refractivity (Wildman–Crippen MR) is 76.2 cm³/mol. The van der Waals surface area contributed by atoms with Crippen LogP contribution in [0.15, 0.2) is 11.6 Å². The molecule has 1 atom stereocenters. The van der Waals surface area contributed by atoms with Crippen molar-refractivity contribution >= 4 is 15.7 Å². The Morgan fingerprint density at radius 3 is 2.95 bits per heavy atom. The highest BCUT2D eigenvalue weighted by Crippen LogP contribution is 2.13. The zero-order chi connectivity index (χ0) is 14.6. The maximum absolute atomic E-state index is 12.2. The molecule has 2 heterocycles. The molecular formula is C13H22N2O4S. The molecule has 6 nitrogen and oxygen atoms in total. The minimum atomic E-state index is -2.99. The fourth-order valence-electron chi connectivity index (χ4n) is 2.59. The molecule has 0 bridgehead atoms. The number of nitrogens with zero attached hydrogens (tertiary/aromatic N) is 1. The lowest BCUT2D eigenvalue weighted by atomic mass is 10.1. The Hall–Kier alpha value is -0.920. The molecular weight excluding hydrogens is 280 g/mol. The normalized spacial score (nSPS) is 26.1. The molecule has 1 N–H and O–H groups in total. The molecule has 1 amide bonds. The third-order valence-corrected chi connectivity index (χ3v) is 5.44. The molecule has 1 unspecified atom stereocenters. The summed E-state index contributed by atoms with van der Waals surface area (Å²) in [6, 6.07) is -0.245. The van der Waals surface area contributed by atoms with Crippen LogP contribution in [-0.2, 0) is 19.4 Å². The second-order valence-corrected chi connectivity index (χ2v) is 7.58. The Kier molecular flexibility index (Phi) is 5.17. The number of amides is 1. The van der Waals surface area contributed by atoms with Crippen LogP contribution >= 0.6 is 0 Å². The SMILES string of the molecule is COCC1=CCN(C(=O)CC2CS(=O)(=O)CCN2)CC1. The third kappa shape index (κ3) is 4.29. The van der Waals surface area contributed by atoms with Crippen molar-refractivity contribution in [2.24, 2.45) is 0 Å². The summed E-state index contributed by atoms with van der Waals surface area (Å²) in [7, 11) is -1.33. The monoisotopic (exact) mass is 302 g/mol. The molecule has 0 spiro atoms.